The second-order valence-electron chi connectivity index (χ2n) is 4.68. The smallest absolute Gasteiger partial charge is 0.267 e. The molecule has 6 heteroatoms. The van der Waals surface area contributed by atoms with E-state index < -0.39 is 0 Å². The molecule has 3 rings (SSSR count). The highest BCUT2D eigenvalue weighted by molar-refractivity contribution is 6.30. The molecule has 0 bridgehead atoms. The van der Waals surface area contributed by atoms with Crippen LogP contribution in [0.4, 0.5) is 0 Å². The Morgan fingerprint density at radius 3 is 2.55 bits per heavy atom. The number of hydrogen-bond donors (Lipinski definition) is 0. The van der Waals surface area contributed by atoms with E-state index in [0.717, 1.165) is 5.56 Å². The average molecular weight is 335 g/mol. The zero-order valence-corrected chi connectivity index (χ0v) is 13.2. The van der Waals surface area contributed by atoms with E-state index >= 15 is 0 Å². The van der Waals surface area contributed by atoms with Crippen molar-refractivity contribution in [2.75, 3.05) is 0 Å². The van der Waals surface area contributed by atoms with Crippen molar-refractivity contribution in [2.24, 2.45) is 0 Å². The number of nitrogens with zero attached hydrogens (tertiary/aromatic N) is 2. The first-order chi connectivity index (χ1) is 10.6. The van der Waals surface area contributed by atoms with E-state index in [1.165, 1.54) is 0 Å². The molecule has 0 fully saturated rings. The van der Waals surface area contributed by atoms with Crippen molar-refractivity contribution >= 4 is 23.2 Å². The van der Waals surface area contributed by atoms with Gasteiger partial charge >= 0.3 is 0 Å². The highest BCUT2D eigenvalue weighted by Gasteiger charge is 2.17. The van der Waals surface area contributed by atoms with Crippen LogP contribution in [0.2, 0.25) is 10.0 Å². The van der Waals surface area contributed by atoms with Crippen LogP contribution in [0.1, 0.15) is 18.9 Å². The Kier molecular flexibility index (Phi) is 4.32. The molecular weight excluding hydrogens is 323 g/mol. The number of ether oxygens (including phenoxy) is 1. The van der Waals surface area contributed by atoms with Crippen molar-refractivity contribution in [3.63, 3.8) is 0 Å². The van der Waals surface area contributed by atoms with Crippen LogP contribution >= 0.6 is 23.2 Å². The lowest BCUT2D eigenvalue weighted by atomic mass is 10.2. The molecule has 1 aromatic heterocycles. The van der Waals surface area contributed by atoms with Crippen LogP contribution in [-0.4, -0.2) is 10.1 Å². The molecule has 2 aromatic carbocycles. The fourth-order valence-corrected chi connectivity index (χ4v) is 2.22. The van der Waals surface area contributed by atoms with Gasteiger partial charge in [-0.05, 0) is 49.4 Å². The van der Waals surface area contributed by atoms with Crippen LogP contribution in [0.5, 0.6) is 5.75 Å². The Balaban J connectivity index is 1.76. The van der Waals surface area contributed by atoms with Gasteiger partial charge in [-0.1, -0.05) is 34.4 Å². The third-order valence-electron chi connectivity index (χ3n) is 3.00. The monoisotopic (exact) mass is 334 g/mol. The maximum absolute atomic E-state index is 5.93. The molecule has 1 heterocycles. The van der Waals surface area contributed by atoms with Crippen LogP contribution in [0.3, 0.4) is 0 Å². The van der Waals surface area contributed by atoms with Crippen LogP contribution in [0, 0.1) is 0 Å². The first-order valence-electron chi connectivity index (χ1n) is 6.63. The van der Waals surface area contributed by atoms with E-state index in [2.05, 4.69) is 10.1 Å². The molecule has 112 valence electrons. The maximum Gasteiger partial charge on any atom is 0.267 e. The summed E-state index contributed by atoms with van der Waals surface area (Å²) in [4.78, 5) is 4.35. The lowest BCUT2D eigenvalue weighted by Crippen LogP contribution is -2.03. The van der Waals surface area contributed by atoms with Crippen LogP contribution in [-0.2, 0) is 0 Å². The summed E-state index contributed by atoms with van der Waals surface area (Å²) in [5.41, 5.74) is 0.828. The summed E-state index contributed by atoms with van der Waals surface area (Å²) in [6, 6.07) is 14.4. The summed E-state index contributed by atoms with van der Waals surface area (Å²) in [7, 11) is 0. The fraction of sp³-hybridized carbons (Fsp3) is 0.125. The van der Waals surface area contributed by atoms with Crippen molar-refractivity contribution in [2.45, 2.75) is 13.0 Å². The fourth-order valence-electron chi connectivity index (χ4n) is 1.91. The van der Waals surface area contributed by atoms with Gasteiger partial charge in [-0.15, -0.1) is 0 Å². The predicted octanol–water partition coefficient (Wildman–Crippen LogP) is 5.18. The van der Waals surface area contributed by atoms with Crippen molar-refractivity contribution in [3.05, 3.63) is 64.5 Å². The molecule has 0 unspecified atom stereocenters. The van der Waals surface area contributed by atoms with Gasteiger partial charge in [0.25, 0.3) is 5.89 Å². The number of rotatable bonds is 4. The van der Waals surface area contributed by atoms with Gasteiger partial charge in [0.2, 0.25) is 5.82 Å². The zero-order chi connectivity index (χ0) is 15.5. The predicted molar refractivity (Wildman–Crippen MR) is 85.2 cm³/mol. The van der Waals surface area contributed by atoms with E-state index in [1.807, 2.05) is 31.2 Å². The molecule has 22 heavy (non-hydrogen) atoms. The van der Waals surface area contributed by atoms with Crippen molar-refractivity contribution in [3.8, 4) is 17.1 Å². The van der Waals surface area contributed by atoms with E-state index in [4.69, 9.17) is 32.5 Å². The molecule has 0 amide bonds. The van der Waals surface area contributed by atoms with Gasteiger partial charge in [0.15, 0.2) is 6.10 Å². The maximum atomic E-state index is 5.93. The normalized spacial score (nSPS) is 12.1. The molecule has 0 N–H and O–H groups in total. The van der Waals surface area contributed by atoms with Crippen LogP contribution in [0.15, 0.2) is 53.1 Å². The Morgan fingerprint density at radius 1 is 1.05 bits per heavy atom. The van der Waals surface area contributed by atoms with Crippen molar-refractivity contribution in [1.29, 1.82) is 0 Å². The highest BCUT2D eigenvalue weighted by Crippen LogP contribution is 2.25. The summed E-state index contributed by atoms with van der Waals surface area (Å²) in [5.74, 6) is 1.53. The standard InChI is InChI=1S/C16H12Cl2N2O2/c1-10(21-14-4-2-3-13(18)9-14)16-19-15(20-22-16)11-5-7-12(17)8-6-11/h2-10H,1H3/t10-/m1/s1. The Bertz CT molecular complexity index is 772. The number of benzene rings is 2. The topological polar surface area (TPSA) is 48.2 Å². The van der Waals surface area contributed by atoms with Gasteiger partial charge in [0.1, 0.15) is 5.75 Å². The minimum Gasteiger partial charge on any atom is -0.481 e. The number of aromatic nitrogens is 2. The van der Waals surface area contributed by atoms with Crippen LogP contribution in [0.25, 0.3) is 11.4 Å². The van der Waals surface area contributed by atoms with Gasteiger partial charge in [-0.3, -0.25) is 0 Å². The van der Waals surface area contributed by atoms with E-state index in [9.17, 15) is 0 Å². The SMILES string of the molecule is C[C@@H](Oc1cccc(Cl)c1)c1nc(-c2ccc(Cl)cc2)no1. The first-order valence-corrected chi connectivity index (χ1v) is 7.39. The molecule has 0 spiro atoms. The molecular formula is C16H12Cl2N2O2. The first kappa shape index (κ1) is 14.9. The molecule has 1 atom stereocenters. The second-order valence-corrected chi connectivity index (χ2v) is 5.55. The minimum absolute atomic E-state index is 0.382. The van der Waals surface area contributed by atoms with Gasteiger partial charge in [-0.2, -0.15) is 4.98 Å². The largest absolute Gasteiger partial charge is 0.481 e. The zero-order valence-electron chi connectivity index (χ0n) is 11.7. The third-order valence-corrected chi connectivity index (χ3v) is 3.49. The van der Waals surface area contributed by atoms with E-state index in [1.54, 1.807) is 24.3 Å². The lowest BCUT2D eigenvalue weighted by Gasteiger charge is -2.10. The summed E-state index contributed by atoms with van der Waals surface area (Å²) in [5, 5.41) is 5.23. The van der Waals surface area contributed by atoms with Gasteiger partial charge in [0, 0.05) is 15.6 Å². The number of halogens is 2. The highest BCUT2D eigenvalue weighted by atomic mass is 35.5. The van der Waals surface area contributed by atoms with Crippen molar-refractivity contribution < 1.29 is 9.26 Å². The summed E-state index contributed by atoms with van der Waals surface area (Å²) < 4.78 is 11.0. The molecule has 3 aromatic rings. The van der Waals surface area contributed by atoms with Crippen LogP contribution < -0.4 is 4.74 Å². The quantitative estimate of drug-likeness (QED) is 0.659. The number of hydrogen-bond acceptors (Lipinski definition) is 4. The van der Waals surface area contributed by atoms with Gasteiger partial charge < -0.3 is 9.26 Å². The Morgan fingerprint density at radius 2 is 1.82 bits per heavy atom. The second kappa shape index (κ2) is 6.38. The Hall–Kier alpha value is -2.04. The lowest BCUT2D eigenvalue weighted by molar-refractivity contribution is 0.176. The average Bonchev–Trinajstić information content (AvgIpc) is 2.98. The van der Waals surface area contributed by atoms with E-state index in [0.29, 0.717) is 27.5 Å². The molecule has 0 saturated heterocycles. The van der Waals surface area contributed by atoms with Gasteiger partial charge in [0.05, 0.1) is 0 Å². The summed E-state index contributed by atoms with van der Waals surface area (Å²) >= 11 is 11.8. The summed E-state index contributed by atoms with van der Waals surface area (Å²) in [6.45, 7) is 1.83. The molecule has 0 saturated carbocycles. The molecule has 4 nitrogen and oxygen atoms in total. The molecule has 0 aliphatic heterocycles. The minimum atomic E-state index is -0.382. The molecule has 0 radical (unpaired) electrons. The molecule has 0 aliphatic rings. The molecule has 0 aliphatic carbocycles. The third kappa shape index (κ3) is 3.40. The van der Waals surface area contributed by atoms with Gasteiger partial charge in [-0.25, -0.2) is 0 Å². The summed E-state index contributed by atoms with van der Waals surface area (Å²) in [6.07, 6.45) is -0.382. The van der Waals surface area contributed by atoms with E-state index in [-0.39, 0.29) is 6.10 Å². The van der Waals surface area contributed by atoms with Crippen molar-refractivity contribution in [1.82, 2.24) is 10.1 Å². The Labute approximate surface area is 137 Å².